The predicted molar refractivity (Wildman–Crippen MR) is 93.7 cm³/mol. The number of nitrogens with one attached hydrogen (secondary N) is 1. The van der Waals surface area contributed by atoms with Gasteiger partial charge in [0.05, 0.1) is 12.1 Å². The van der Waals surface area contributed by atoms with E-state index in [1.807, 2.05) is 0 Å². The number of anilines is 1. The Labute approximate surface area is 157 Å². The number of carbonyl (C=O) groups is 1. The molecule has 5 nitrogen and oxygen atoms in total. The molecule has 28 heavy (non-hydrogen) atoms. The maximum absolute atomic E-state index is 14.3. The van der Waals surface area contributed by atoms with Crippen LogP contribution in [0.4, 0.5) is 23.2 Å². The summed E-state index contributed by atoms with van der Waals surface area (Å²) in [7, 11) is 0. The van der Waals surface area contributed by atoms with E-state index in [2.05, 4.69) is 15.0 Å². The zero-order valence-corrected chi connectivity index (χ0v) is 14.6. The highest BCUT2D eigenvalue weighted by Crippen LogP contribution is 2.23. The summed E-state index contributed by atoms with van der Waals surface area (Å²) in [5.41, 5.74) is 1.05. The first-order valence-corrected chi connectivity index (χ1v) is 8.16. The van der Waals surface area contributed by atoms with Crippen LogP contribution in [-0.4, -0.2) is 21.8 Å². The molecule has 2 aromatic carbocycles. The van der Waals surface area contributed by atoms with Crippen molar-refractivity contribution < 1.29 is 27.1 Å². The van der Waals surface area contributed by atoms with Crippen LogP contribution in [0, 0.1) is 12.7 Å². The van der Waals surface area contributed by atoms with Crippen molar-refractivity contribution in [3.8, 4) is 11.4 Å². The van der Waals surface area contributed by atoms with Gasteiger partial charge in [-0.1, -0.05) is 12.1 Å². The van der Waals surface area contributed by atoms with Crippen LogP contribution in [-0.2, 0) is 11.2 Å². The second-order valence-corrected chi connectivity index (χ2v) is 5.93. The molecule has 0 aliphatic carbocycles. The summed E-state index contributed by atoms with van der Waals surface area (Å²) >= 11 is 0. The van der Waals surface area contributed by atoms with Crippen molar-refractivity contribution in [3.05, 3.63) is 72.1 Å². The Balaban J connectivity index is 1.63. The third-order valence-electron chi connectivity index (χ3n) is 3.84. The van der Waals surface area contributed by atoms with Gasteiger partial charge in [0, 0.05) is 18.1 Å². The number of imidazole rings is 1. The summed E-state index contributed by atoms with van der Waals surface area (Å²) in [5, 5.41) is 2.56. The second kappa shape index (κ2) is 7.71. The second-order valence-electron chi connectivity index (χ2n) is 5.93. The number of carbonyl (C=O) groups excluding carboxylic acids is 1. The standard InChI is InChI=1S/C19H15F4N3O2/c1-12-24-8-9-26(12)17-7-4-14(11-16(17)20)25-18(27)10-13-2-5-15(6-3-13)28-19(21,22)23/h2-9,11H,10H2,1H3,(H,25,27). The minimum atomic E-state index is -4.77. The quantitative estimate of drug-likeness (QED) is 0.654. The SMILES string of the molecule is Cc1nccn1-c1ccc(NC(=O)Cc2ccc(OC(F)(F)F)cc2)cc1F. The molecule has 0 atom stereocenters. The van der Waals surface area contributed by atoms with Gasteiger partial charge in [-0.15, -0.1) is 13.2 Å². The molecule has 0 radical (unpaired) electrons. The third kappa shape index (κ3) is 4.87. The van der Waals surface area contributed by atoms with E-state index < -0.39 is 18.1 Å². The van der Waals surface area contributed by atoms with E-state index in [-0.39, 0.29) is 17.9 Å². The molecule has 0 bridgehead atoms. The smallest absolute Gasteiger partial charge is 0.406 e. The monoisotopic (exact) mass is 393 g/mol. The average molecular weight is 393 g/mol. The van der Waals surface area contributed by atoms with E-state index in [0.717, 1.165) is 12.1 Å². The lowest BCUT2D eigenvalue weighted by Crippen LogP contribution is -2.17. The first-order valence-electron chi connectivity index (χ1n) is 8.16. The Hall–Kier alpha value is -3.36. The fraction of sp³-hybridized carbons (Fsp3) is 0.158. The van der Waals surface area contributed by atoms with Crippen LogP contribution >= 0.6 is 0 Å². The van der Waals surface area contributed by atoms with E-state index in [0.29, 0.717) is 17.1 Å². The van der Waals surface area contributed by atoms with E-state index >= 15 is 0 Å². The molecule has 0 saturated heterocycles. The molecule has 3 aromatic rings. The van der Waals surface area contributed by atoms with Gasteiger partial charge < -0.3 is 14.6 Å². The van der Waals surface area contributed by atoms with Gasteiger partial charge in [-0.2, -0.15) is 0 Å². The van der Waals surface area contributed by atoms with Gasteiger partial charge in [0.1, 0.15) is 17.4 Å². The zero-order valence-electron chi connectivity index (χ0n) is 14.6. The van der Waals surface area contributed by atoms with Crippen molar-refractivity contribution in [2.24, 2.45) is 0 Å². The van der Waals surface area contributed by atoms with E-state index in [1.54, 1.807) is 30.0 Å². The Morgan fingerprint density at radius 2 is 1.89 bits per heavy atom. The van der Waals surface area contributed by atoms with Crippen molar-refractivity contribution in [1.29, 1.82) is 0 Å². The molecule has 0 saturated carbocycles. The van der Waals surface area contributed by atoms with Crippen molar-refractivity contribution in [2.45, 2.75) is 19.7 Å². The molecule has 1 N–H and O–H groups in total. The highest BCUT2D eigenvalue weighted by molar-refractivity contribution is 5.92. The van der Waals surface area contributed by atoms with Crippen LogP contribution in [0.2, 0.25) is 0 Å². The Morgan fingerprint density at radius 1 is 1.18 bits per heavy atom. The molecule has 146 valence electrons. The van der Waals surface area contributed by atoms with Crippen LogP contribution in [0.3, 0.4) is 0 Å². The number of nitrogens with zero attached hydrogens (tertiary/aromatic N) is 2. The molecule has 1 amide bonds. The van der Waals surface area contributed by atoms with Crippen LogP contribution in [0.15, 0.2) is 54.9 Å². The van der Waals surface area contributed by atoms with Gasteiger partial charge in [-0.25, -0.2) is 9.37 Å². The van der Waals surface area contributed by atoms with Gasteiger partial charge in [-0.05, 0) is 42.8 Å². The summed E-state index contributed by atoms with van der Waals surface area (Å²) in [6.07, 6.45) is -1.69. The highest BCUT2D eigenvalue weighted by Gasteiger charge is 2.30. The van der Waals surface area contributed by atoms with Gasteiger partial charge in [0.2, 0.25) is 5.91 Å². The van der Waals surface area contributed by atoms with E-state index in [4.69, 9.17) is 0 Å². The molecular weight excluding hydrogens is 378 g/mol. The predicted octanol–water partition coefficient (Wildman–Crippen LogP) is 4.40. The first kappa shape index (κ1) is 19.4. The van der Waals surface area contributed by atoms with E-state index in [9.17, 15) is 22.4 Å². The molecule has 0 spiro atoms. The van der Waals surface area contributed by atoms with Crippen LogP contribution < -0.4 is 10.1 Å². The largest absolute Gasteiger partial charge is 0.573 e. The van der Waals surface area contributed by atoms with Crippen molar-refractivity contribution >= 4 is 11.6 Å². The van der Waals surface area contributed by atoms with Crippen molar-refractivity contribution in [1.82, 2.24) is 9.55 Å². The number of amides is 1. The van der Waals surface area contributed by atoms with Crippen LogP contribution in [0.25, 0.3) is 5.69 Å². The number of benzene rings is 2. The topological polar surface area (TPSA) is 56.2 Å². The normalized spacial score (nSPS) is 11.3. The van der Waals surface area contributed by atoms with Crippen molar-refractivity contribution in [2.75, 3.05) is 5.32 Å². The lowest BCUT2D eigenvalue weighted by molar-refractivity contribution is -0.274. The third-order valence-corrected chi connectivity index (χ3v) is 3.84. The number of hydrogen-bond donors (Lipinski definition) is 1. The average Bonchev–Trinajstić information content (AvgIpc) is 3.01. The number of ether oxygens (including phenoxy) is 1. The Morgan fingerprint density at radius 3 is 2.46 bits per heavy atom. The summed E-state index contributed by atoms with van der Waals surface area (Å²) in [5.74, 6) is -0.722. The maximum Gasteiger partial charge on any atom is 0.573 e. The molecule has 0 aliphatic rings. The minimum absolute atomic E-state index is 0.0870. The summed E-state index contributed by atoms with van der Waals surface area (Å²) in [6.45, 7) is 1.74. The number of aryl methyl sites for hydroxylation is 1. The van der Waals surface area contributed by atoms with E-state index in [1.165, 1.54) is 24.3 Å². The molecule has 3 rings (SSSR count). The van der Waals surface area contributed by atoms with Crippen LogP contribution in [0.1, 0.15) is 11.4 Å². The molecule has 0 aliphatic heterocycles. The number of alkyl halides is 3. The Bertz CT molecular complexity index is 982. The highest BCUT2D eigenvalue weighted by atomic mass is 19.4. The van der Waals surface area contributed by atoms with Gasteiger partial charge in [-0.3, -0.25) is 4.79 Å². The minimum Gasteiger partial charge on any atom is -0.406 e. The molecule has 9 heteroatoms. The van der Waals surface area contributed by atoms with Gasteiger partial charge >= 0.3 is 6.36 Å². The Kier molecular flexibility index (Phi) is 5.34. The molecule has 1 aromatic heterocycles. The summed E-state index contributed by atoms with van der Waals surface area (Å²) < 4.78 is 56.1. The number of hydrogen-bond acceptors (Lipinski definition) is 3. The lowest BCUT2D eigenvalue weighted by atomic mass is 10.1. The zero-order chi connectivity index (χ0) is 20.3. The molecular formula is C19H15F4N3O2. The number of halogens is 4. The molecule has 0 unspecified atom stereocenters. The summed E-state index contributed by atoms with van der Waals surface area (Å²) in [6, 6.07) is 9.21. The maximum atomic E-state index is 14.3. The molecule has 0 fully saturated rings. The number of rotatable bonds is 5. The first-order chi connectivity index (χ1) is 13.2. The van der Waals surface area contributed by atoms with Crippen molar-refractivity contribution in [3.63, 3.8) is 0 Å². The van der Waals surface area contributed by atoms with Gasteiger partial charge in [0.25, 0.3) is 0 Å². The van der Waals surface area contributed by atoms with Crippen LogP contribution in [0.5, 0.6) is 5.75 Å². The number of aromatic nitrogens is 2. The fourth-order valence-electron chi connectivity index (χ4n) is 2.61. The molecule has 1 heterocycles. The fourth-order valence-corrected chi connectivity index (χ4v) is 2.61. The summed E-state index contributed by atoms with van der Waals surface area (Å²) in [4.78, 5) is 16.1. The van der Waals surface area contributed by atoms with Gasteiger partial charge in [0.15, 0.2) is 0 Å². The lowest BCUT2D eigenvalue weighted by Gasteiger charge is -2.11.